The van der Waals surface area contributed by atoms with Crippen LogP contribution in [-0.2, 0) is 21.0 Å². The van der Waals surface area contributed by atoms with Gasteiger partial charge < -0.3 is 20.1 Å². The van der Waals surface area contributed by atoms with Crippen molar-refractivity contribution in [3.63, 3.8) is 0 Å². The van der Waals surface area contributed by atoms with Gasteiger partial charge in [-0.25, -0.2) is 22.6 Å². The summed E-state index contributed by atoms with van der Waals surface area (Å²) in [5.74, 6) is 3.74. The van der Waals surface area contributed by atoms with Crippen molar-refractivity contribution >= 4 is 44.9 Å². The molecule has 3 N–H and O–H groups in total. The van der Waals surface area contributed by atoms with Gasteiger partial charge in [0.25, 0.3) is 5.91 Å². The first-order valence-corrected chi connectivity index (χ1v) is 15.8. The van der Waals surface area contributed by atoms with Crippen LogP contribution in [0.2, 0.25) is 0 Å². The number of aromatic nitrogens is 3. The topological polar surface area (TPSA) is 136 Å². The summed E-state index contributed by atoms with van der Waals surface area (Å²) in [5.41, 5.74) is 3.35. The molecule has 0 aliphatic rings. The molecule has 0 aliphatic carbocycles. The maximum Gasteiger partial charge on any atom is 0.419 e. The highest BCUT2D eigenvalue weighted by Crippen LogP contribution is 2.30. The fourth-order valence-electron chi connectivity index (χ4n) is 4.40. The Hall–Kier alpha value is -5.43. The van der Waals surface area contributed by atoms with E-state index in [0.29, 0.717) is 28.6 Å². The number of benzene rings is 3. The number of carbonyl (C=O) groups excluding carboxylic acids is 2. The number of pyridine rings is 1. The molecule has 0 radical (unpaired) electrons. The summed E-state index contributed by atoms with van der Waals surface area (Å²) in [6.45, 7) is 5.40. The van der Waals surface area contributed by atoms with Crippen molar-refractivity contribution in [2.24, 2.45) is 0 Å². The third kappa shape index (κ3) is 7.80. The quantitative estimate of drug-likeness (QED) is 0.173. The van der Waals surface area contributed by atoms with E-state index in [9.17, 15) is 18.2 Å². The maximum absolute atomic E-state index is 13.2. The van der Waals surface area contributed by atoms with Crippen molar-refractivity contribution < 1.29 is 27.7 Å². The van der Waals surface area contributed by atoms with Crippen molar-refractivity contribution in [3.05, 3.63) is 102 Å². The van der Waals surface area contributed by atoms with Gasteiger partial charge in [0.15, 0.2) is 5.65 Å². The molecule has 2 heterocycles. The first-order chi connectivity index (χ1) is 21.8. The van der Waals surface area contributed by atoms with Gasteiger partial charge in [-0.2, -0.15) is 4.98 Å². The highest BCUT2D eigenvalue weighted by molar-refractivity contribution is 7.99. The molecule has 1 unspecified atom stereocenters. The van der Waals surface area contributed by atoms with E-state index in [1.807, 2.05) is 30.5 Å². The van der Waals surface area contributed by atoms with Gasteiger partial charge in [-0.1, -0.05) is 24.3 Å². The lowest BCUT2D eigenvalue weighted by atomic mass is 10.1. The number of amides is 2. The molecule has 1 atom stereocenters. The minimum atomic E-state index is -3.23. The molecule has 0 bridgehead atoms. The molecule has 0 saturated heterocycles. The minimum Gasteiger partial charge on any atom is -0.495 e. The molecular formula is C33H33FN6O5S. The molecule has 46 heavy (non-hydrogen) atoms. The summed E-state index contributed by atoms with van der Waals surface area (Å²) in [7, 11) is -1.77. The van der Waals surface area contributed by atoms with Gasteiger partial charge >= 0.3 is 6.09 Å². The molecule has 0 aliphatic heterocycles. The van der Waals surface area contributed by atoms with Crippen LogP contribution in [0.25, 0.3) is 16.8 Å². The molecule has 3 aromatic carbocycles. The summed E-state index contributed by atoms with van der Waals surface area (Å²) < 4.78 is 40.9. The number of nitrogens with zero attached hydrogens (tertiary/aromatic N) is 3. The first-order valence-electron chi connectivity index (χ1n) is 14.1. The number of halogens is 1. The van der Waals surface area contributed by atoms with Crippen LogP contribution in [0.1, 0.15) is 36.7 Å². The Balaban J connectivity index is 1.27. The van der Waals surface area contributed by atoms with Gasteiger partial charge in [0.05, 0.1) is 27.4 Å². The summed E-state index contributed by atoms with van der Waals surface area (Å²) >= 11 is 0. The number of fused-ring (bicyclic) bond motifs is 1. The SMILES string of the molecule is C=S(=O)(NC(=O)OC(C)(C)C)c1ccc(Nc2nc3ccc(-c4ccc(C(=O)NCc5ccc(F)cc5)cc4)cn3n2)c(OC)c1. The second kappa shape index (κ2) is 12.9. The lowest BCUT2D eigenvalue weighted by Gasteiger charge is -2.21. The number of hydrogen-bond donors (Lipinski definition) is 3. The lowest BCUT2D eigenvalue weighted by molar-refractivity contribution is 0.0572. The van der Waals surface area contributed by atoms with Crippen molar-refractivity contribution in [1.82, 2.24) is 24.6 Å². The number of methoxy groups -OCH3 is 1. The van der Waals surface area contributed by atoms with Gasteiger partial charge in [-0.3, -0.25) is 4.79 Å². The average Bonchev–Trinajstić information content (AvgIpc) is 3.41. The maximum atomic E-state index is 13.2. The lowest BCUT2D eigenvalue weighted by Crippen LogP contribution is -2.36. The molecule has 238 valence electrons. The summed E-state index contributed by atoms with van der Waals surface area (Å²) in [5, 5.41) is 10.5. The number of ether oxygens (including phenoxy) is 2. The Morgan fingerprint density at radius 1 is 0.978 bits per heavy atom. The summed E-state index contributed by atoms with van der Waals surface area (Å²) in [6, 6.07) is 21.5. The molecule has 2 amide bonds. The number of anilines is 2. The molecule has 0 fully saturated rings. The minimum absolute atomic E-state index is 0.237. The zero-order valence-electron chi connectivity index (χ0n) is 25.7. The van der Waals surface area contributed by atoms with Crippen LogP contribution in [0.3, 0.4) is 0 Å². The Morgan fingerprint density at radius 3 is 2.35 bits per heavy atom. The van der Waals surface area contributed by atoms with Gasteiger partial charge in [0, 0.05) is 23.9 Å². The van der Waals surface area contributed by atoms with Gasteiger partial charge in [0.2, 0.25) is 5.95 Å². The highest BCUT2D eigenvalue weighted by atomic mass is 32.2. The van der Waals surface area contributed by atoms with E-state index >= 15 is 0 Å². The fraction of sp³-hybridized carbons (Fsp3) is 0.182. The van der Waals surface area contributed by atoms with E-state index in [4.69, 9.17) is 9.47 Å². The molecule has 5 aromatic rings. The first kappa shape index (κ1) is 32.0. The van der Waals surface area contributed by atoms with E-state index in [-0.39, 0.29) is 23.2 Å². The third-order valence-electron chi connectivity index (χ3n) is 6.63. The number of rotatable bonds is 9. The van der Waals surface area contributed by atoms with Crippen LogP contribution in [0.5, 0.6) is 5.75 Å². The molecular weight excluding hydrogens is 611 g/mol. The predicted molar refractivity (Wildman–Crippen MR) is 175 cm³/mol. The standard InChI is InChI=1S/C33H33FN6O5S/c1-33(2,3)45-32(42)39-46(5,43)26-15-16-27(28(18-26)44-4)36-31-37-29-17-12-24(20-40(29)38-31)22-8-10-23(11-9-22)30(41)35-19-21-6-13-25(34)14-7-21/h6-18,20H,5,19H2,1-4H3,(H,35,41)(H,36,38)(H,39,42,43). The average molecular weight is 645 g/mol. The zero-order chi connectivity index (χ0) is 33.1. The van der Waals surface area contributed by atoms with Crippen LogP contribution in [0.15, 0.2) is 90.0 Å². The third-order valence-corrected chi connectivity index (χ3v) is 8.14. The number of carbonyl (C=O) groups is 2. The molecule has 13 heteroatoms. The second-order valence-electron chi connectivity index (χ2n) is 11.3. The van der Waals surface area contributed by atoms with Crippen LogP contribution in [0.4, 0.5) is 20.8 Å². The zero-order valence-corrected chi connectivity index (χ0v) is 26.5. The monoisotopic (exact) mass is 644 g/mol. The van der Waals surface area contributed by atoms with E-state index in [2.05, 4.69) is 31.3 Å². The highest BCUT2D eigenvalue weighted by Gasteiger charge is 2.21. The van der Waals surface area contributed by atoms with Crippen molar-refractivity contribution in [1.29, 1.82) is 0 Å². The van der Waals surface area contributed by atoms with Gasteiger partial charge in [-0.15, -0.1) is 5.10 Å². The molecule has 0 saturated carbocycles. The van der Waals surface area contributed by atoms with Crippen molar-refractivity contribution in [2.45, 2.75) is 37.8 Å². The van der Waals surface area contributed by atoms with Crippen LogP contribution >= 0.6 is 0 Å². The van der Waals surface area contributed by atoms with Crippen LogP contribution < -0.4 is 20.1 Å². The Morgan fingerprint density at radius 2 is 1.67 bits per heavy atom. The fourth-order valence-corrected chi connectivity index (χ4v) is 5.41. The number of hydrogen-bond acceptors (Lipinski definition) is 8. The number of nitrogens with one attached hydrogen (secondary N) is 3. The Kier molecular flexibility index (Phi) is 8.96. The molecule has 2 aromatic heterocycles. The second-order valence-corrected chi connectivity index (χ2v) is 13.3. The largest absolute Gasteiger partial charge is 0.495 e. The van der Waals surface area contributed by atoms with E-state index in [0.717, 1.165) is 16.7 Å². The smallest absolute Gasteiger partial charge is 0.419 e. The molecule has 0 spiro atoms. The van der Waals surface area contributed by atoms with Crippen molar-refractivity contribution in [2.75, 3.05) is 12.4 Å². The van der Waals surface area contributed by atoms with Gasteiger partial charge in [-0.05, 0) is 92.4 Å². The predicted octanol–water partition coefficient (Wildman–Crippen LogP) is 5.73. The molecule has 11 nitrogen and oxygen atoms in total. The van der Waals surface area contributed by atoms with E-state index in [1.165, 1.54) is 25.3 Å². The van der Waals surface area contributed by atoms with Gasteiger partial charge in [0.1, 0.15) is 17.2 Å². The van der Waals surface area contributed by atoms with E-state index in [1.54, 1.807) is 61.7 Å². The summed E-state index contributed by atoms with van der Waals surface area (Å²) in [6.07, 6.45) is 0.972. The normalized spacial score (nSPS) is 12.6. The van der Waals surface area contributed by atoms with Crippen LogP contribution in [-0.4, -0.2) is 49.4 Å². The molecule has 5 rings (SSSR count). The Labute approximate surface area is 265 Å². The summed E-state index contributed by atoms with van der Waals surface area (Å²) in [4.78, 5) is 29.5. The van der Waals surface area contributed by atoms with Crippen molar-refractivity contribution in [3.8, 4) is 16.9 Å². The Bertz CT molecular complexity index is 2000. The van der Waals surface area contributed by atoms with Crippen LogP contribution in [0, 0.1) is 5.82 Å². The van der Waals surface area contributed by atoms with E-state index < -0.39 is 21.4 Å².